The molecule has 0 aliphatic carbocycles. The van der Waals surface area contributed by atoms with Gasteiger partial charge in [-0.25, -0.2) is 4.68 Å². The van der Waals surface area contributed by atoms with Crippen molar-refractivity contribution in [3.05, 3.63) is 91.0 Å². The van der Waals surface area contributed by atoms with E-state index in [-0.39, 0.29) is 0 Å². The van der Waals surface area contributed by atoms with Crippen LogP contribution < -0.4 is 4.74 Å². The minimum absolute atomic E-state index is 0.864. The van der Waals surface area contributed by atoms with Crippen LogP contribution in [0.3, 0.4) is 0 Å². The van der Waals surface area contributed by atoms with Crippen LogP contribution >= 0.6 is 0 Å². The first-order valence-electron chi connectivity index (χ1n) is 8.96. The third kappa shape index (κ3) is 2.48. The fourth-order valence-electron chi connectivity index (χ4n) is 3.67. The SMILES string of the molecule is COc1cc2c(-c3ccccc3)nn(-c3ccccc3)c2c2ccccc12. The molecule has 27 heavy (non-hydrogen) atoms. The highest BCUT2D eigenvalue weighted by Crippen LogP contribution is 2.39. The molecule has 5 rings (SSSR count). The summed E-state index contributed by atoms with van der Waals surface area (Å²) in [5.74, 6) is 0.864. The van der Waals surface area contributed by atoms with Crippen molar-refractivity contribution in [3.8, 4) is 22.7 Å². The van der Waals surface area contributed by atoms with Crippen LogP contribution in [0.15, 0.2) is 91.0 Å². The Morgan fingerprint density at radius 2 is 1.33 bits per heavy atom. The molecule has 0 atom stereocenters. The molecule has 3 nitrogen and oxygen atoms in total. The van der Waals surface area contributed by atoms with Crippen LogP contribution in [0.25, 0.3) is 38.6 Å². The Kier molecular flexibility index (Phi) is 3.65. The topological polar surface area (TPSA) is 27.1 Å². The van der Waals surface area contributed by atoms with E-state index in [9.17, 15) is 0 Å². The molecule has 3 heteroatoms. The number of nitrogens with zero attached hydrogens (tertiary/aromatic N) is 2. The van der Waals surface area contributed by atoms with Crippen LogP contribution in [0, 0.1) is 0 Å². The number of ether oxygens (including phenoxy) is 1. The van der Waals surface area contributed by atoms with Crippen molar-refractivity contribution in [2.45, 2.75) is 0 Å². The highest BCUT2D eigenvalue weighted by atomic mass is 16.5. The lowest BCUT2D eigenvalue weighted by atomic mass is 10.0. The van der Waals surface area contributed by atoms with Crippen LogP contribution in [-0.2, 0) is 0 Å². The van der Waals surface area contributed by atoms with Gasteiger partial charge in [-0.3, -0.25) is 0 Å². The minimum Gasteiger partial charge on any atom is -0.496 e. The van der Waals surface area contributed by atoms with Crippen LogP contribution in [0.4, 0.5) is 0 Å². The maximum Gasteiger partial charge on any atom is 0.127 e. The lowest BCUT2D eigenvalue weighted by Crippen LogP contribution is -1.97. The Morgan fingerprint density at radius 1 is 0.704 bits per heavy atom. The van der Waals surface area contributed by atoms with Crippen molar-refractivity contribution in [3.63, 3.8) is 0 Å². The maximum absolute atomic E-state index is 5.70. The molecule has 4 aromatic carbocycles. The van der Waals surface area contributed by atoms with Gasteiger partial charge in [0.15, 0.2) is 0 Å². The van der Waals surface area contributed by atoms with E-state index in [1.165, 1.54) is 0 Å². The molecule has 0 N–H and O–H groups in total. The number of fused-ring (bicyclic) bond motifs is 3. The van der Waals surface area contributed by atoms with Crippen molar-refractivity contribution in [2.75, 3.05) is 7.11 Å². The third-order valence-electron chi connectivity index (χ3n) is 4.91. The normalized spacial score (nSPS) is 11.1. The molecule has 0 aliphatic heterocycles. The van der Waals surface area contributed by atoms with Gasteiger partial charge in [0.2, 0.25) is 0 Å². The van der Waals surface area contributed by atoms with Gasteiger partial charge in [0, 0.05) is 21.7 Å². The Labute approximate surface area is 157 Å². The van der Waals surface area contributed by atoms with E-state index in [4.69, 9.17) is 9.84 Å². The summed E-state index contributed by atoms with van der Waals surface area (Å²) >= 11 is 0. The molecule has 0 aliphatic rings. The molecule has 0 saturated heterocycles. The quantitative estimate of drug-likeness (QED) is 0.408. The van der Waals surface area contributed by atoms with Crippen LogP contribution in [0.1, 0.15) is 0 Å². The van der Waals surface area contributed by atoms with Gasteiger partial charge < -0.3 is 4.74 Å². The van der Waals surface area contributed by atoms with Crippen molar-refractivity contribution >= 4 is 21.7 Å². The minimum atomic E-state index is 0.864. The zero-order valence-corrected chi connectivity index (χ0v) is 15.0. The first kappa shape index (κ1) is 15.6. The van der Waals surface area contributed by atoms with Gasteiger partial charge >= 0.3 is 0 Å². The summed E-state index contributed by atoms with van der Waals surface area (Å²) in [6, 6.07) is 31.0. The van der Waals surface area contributed by atoms with Gasteiger partial charge in [0.05, 0.1) is 18.3 Å². The van der Waals surface area contributed by atoms with E-state index >= 15 is 0 Å². The molecule has 0 unspecified atom stereocenters. The summed E-state index contributed by atoms with van der Waals surface area (Å²) < 4.78 is 7.75. The summed E-state index contributed by atoms with van der Waals surface area (Å²) in [6.45, 7) is 0. The zero-order valence-electron chi connectivity index (χ0n) is 15.0. The monoisotopic (exact) mass is 350 g/mol. The Hall–Kier alpha value is -3.59. The number of hydrogen-bond acceptors (Lipinski definition) is 2. The molecule has 1 heterocycles. The van der Waals surface area contributed by atoms with Gasteiger partial charge in [-0.15, -0.1) is 0 Å². The number of hydrogen-bond donors (Lipinski definition) is 0. The Bertz CT molecular complexity index is 1240. The summed E-state index contributed by atoms with van der Waals surface area (Å²) in [4.78, 5) is 0. The average Bonchev–Trinajstić information content (AvgIpc) is 3.14. The van der Waals surface area contributed by atoms with Crippen LogP contribution in [-0.4, -0.2) is 16.9 Å². The van der Waals surface area contributed by atoms with E-state index in [1.807, 2.05) is 47.1 Å². The number of para-hydroxylation sites is 1. The predicted molar refractivity (Wildman–Crippen MR) is 111 cm³/mol. The summed E-state index contributed by atoms with van der Waals surface area (Å²) in [5.41, 5.74) is 4.18. The standard InChI is InChI=1S/C24H18N2O/c1-27-22-16-21-23(17-10-4-2-5-11-17)25-26(18-12-6-3-7-13-18)24(21)20-15-9-8-14-19(20)22/h2-16H,1H3. The number of benzene rings is 4. The lowest BCUT2D eigenvalue weighted by Gasteiger charge is -2.09. The van der Waals surface area contributed by atoms with E-state index in [0.717, 1.165) is 44.4 Å². The van der Waals surface area contributed by atoms with Gasteiger partial charge in [-0.05, 0) is 18.2 Å². The molecule has 1 aromatic heterocycles. The molecule has 0 radical (unpaired) electrons. The fraction of sp³-hybridized carbons (Fsp3) is 0.0417. The predicted octanol–water partition coefficient (Wildman–Crippen LogP) is 5.85. The van der Waals surface area contributed by atoms with Gasteiger partial charge in [-0.2, -0.15) is 5.10 Å². The molecule has 0 saturated carbocycles. The van der Waals surface area contributed by atoms with E-state index in [0.29, 0.717) is 0 Å². The zero-order chi connectivity index (χ0) is 18.2. The summed E-state index contributed by atoms with van der Waals surface area (Å²) in [7, 11) is 1.72. The second kappa shape index (κ2) is 6.29. The van der Waals surface area contributed by atoms with Crippen LogP contribution in [0.2, 0.25) is 0 Å². The van der Waals surface area contributed by atoms with E-state index in [1.54, 1.807) is 7.11 Å². The first-order valence-corrected chi connectivity index (χ1v) is 8.96. The third-order valence-corrected chi connectivity index (χ3v) is 4.91. The Balaban J connectivity index is 1.96. The number of methoxy groups -OCH3 is 1. The Morgan fingerprint density at radius 3 is 2.04 bits per heavy atom. The largest absolute Gasteiger partial charge is 0.496 e. The van der Waals surface area contributed by atoms with E-state index < -0.39 is 0 Å². The van der Waals surface area contributed by atoms with Gasteiger partial charge in [-0.1, -0.05) is 72.8 Å². The maximum atomic E-state index is 5.70. The van der Waals surface area contributed by atoms with Crippen molar-refractivity contribution in [2.24, 2.45) is 0 Å². The number of rotatable bonds is 3. The van der Waals surface area contributed by atoms with Crippen molar-refractivity contribution < 1.29 is 4.74 Å². The van der Waals surface area contributed by atoms with Gasteiger partial charge in [0.1, 0.15) is 11.4 Å². The smallest absolute Gasteiger partial charge is 0.127 e. The van der Waals surface area contributed by atoms with Crippen molar-refractivity contribution in [1.29, 1.82) is 0 Å². The second-order valence-electron chi connectivity index (χ2n) is 6.48. The highest BCUT2D eigenvalue weighted by Gasteiger charge is 2.18. The van der Waals surface area contributed by atoms with E-state index in [2.05, 4.69) is 48.5 Å². The van der Waals surface area contributed by atoms with Crippen molar-refractivity contribution in [1.82, 2.24) is 9.78 Å². The molecular formula is C24H18N2O. The molecule has 0 amide bonds. The molecule has 0 bridgehead atoms. The molecule has 130 valence electrons. The molecule has 5 aromatic rings. The van der Waals surface area contributed by atoms with Crippen LogP contribution in [0.5, 0.6) is 5.75 Å². The molecule has 0 spiro atoms. The first-order chi connectivity index (χ1) is 13.4. The fourth-order valence-corrected chi connectivity index (χ4v) is 3.67. The summed E-state index contributed by atoms with van der Waals surface area (Å²) in [5, 5.41) is 8.32. The van der Waals surface area contributed by atoms with Gasteiger partial charge in [0.25, 0.3) is 0 Å². The lowest BCUT2D eigenvalue weighted by molar-refractivity contribution is 0.420. The molecular weight excluding hydrogens is 332 g/mol. The average molecular weight is 350 g/mol. The summed E-state index contributed by atoms with van der Waals surface area (Å²) in [6.07, 6.45) is 0. The highest BCUT2D eigenvalue weighted by molar-refractivity contribution is 6.13. The molecule has 0 fully saturated rings. The number of aromatic nitrogens is 2. The second-order valence-corrected chi connectivity index (χ2v) is 6.48.